The summed E-state index contributed by atoms with van der Waals surface area (Å²) in [6, 6.07) is 35.8. The SMILES string of the molecule is [B]c1c([B])c([B])c(-c2c([B])c([B])c(-c3nc(-c4ccc(-c5ccccc5)cc4)nc(-c4ccc(-c5ccccc5)cc4)n3)c3oc4c([B])c([B])c([B])c([B])c4c23)c([B])c1[B]. The van der Waals surface area contributed by atoms with Crippen LogP contribution >= 0.6 is 0 Å². The molecule has 0 bridgehead atoms. The molecule has 252 valence electrons. The first-order valence-electron chi connectivity index (χ1n) is 18.6. The molecule has 2 heterocycles. The van der Waals surface area contributed by atoms with Gasteiger partial charge in [-0.2, -0.15) is 0 Å². The van der Waals surface area contributed by atoms with E-state index in [4.69, 9.17) is 106 Å². The molecule has 0 aliphatic carbocycles. The van der Waals surface area contributed by atoms with Crippen molar-refractivity contribution in [3.8, 4) is 67.5 Å². The van der Waals surface area contributed by atoms with E-state index in [9.17, 15) is 0 Å². The van der Waals surface area contributed by atoms with Crippen molar-refractivity contribution in [2.24, 2.45) is 0 Å². The maximum atomic E-state index is 7.06. The van der Waals surface area contributed by atoms with E-state index in [0.717, 1.165) is 22.3 Å². The van der Waals surface area contributed by atoms with Crippen LogP contribution in [0.15, 0.2) is 114 Å². The fraction of sp³-hybridized carbons (Fsp3) is 0. The van der Waals surface area contributed by atoms with Gasteiger partial charge in [0.15, 0.2) is 17.5 Å². The molecular weight excluding hydrogens is 717 g/mol. The zero-order chi connectivity index (χ0) is 42.1. The molecule has 0 aliphatic heterocycles. The Morgan fingerprint density at radius 3 is 1.10 bits per heavy atom. The van der Waals surface area contributed by atoms with E-state index in [1.807, 2.05) is 109 Å². The quantitative estimate of drug-likeness (QED) is 0.196. The van der Waals surface area contributed by atoms with E-state index in [0.29, 0.717) is 22.8 Å². The lowest BCUT2D eigenvalue weighted by Gasteiger charge is -2.25. The molecule has 0 fully saturated rings. The molecule has 0 N–H and O–H groups in total. The summed E-state index contributed by atoms with van der Waals surface area (Å²) in [6.45, 7) is 0. The number of hydrogen-bond donors (Lipinski definition) is 0. The number of rotatable bonds is 6. The lowest BCUT2D eigenvalue weighted by molar-refractivity contribution is 0.673. The summed E-state index contributed by atoms with van der Waals surface area (Å²) in [5, 5.41) is 0.528. The summed E-state index contributed by atoms with van der Waals surface area (Å²) in [5.74, 6) is 0.797. The standard InChI is InChI=1S/C45H18B11N3O/c46-30-25(27-31(47)35(51)38(54)36(52)32(27)48)26-28-33(49)37(53)39(55)40(56)42(28)60-41(26)29(34(30)50)45-58-43(23-15-11-21(12-16-23)19-7-3-1-4-8-19)57-44(59-45)24-17-13-22(14-18-24)20-9-5-2-6-10-20/h1-18H. The van der Waals surface area contributed by atoms with Crippen LogP contribution in [-0.4, -0.2) is 101 Å². The Morgan fingerprint density at radius 2 is 0.617 bits per heavy atom. The molecule has 60 heavy (non-hydrogen) atoms. The molecule has 0 saturated heterocycles. The van der Waals surface area contributed by atoms with Crippen LogP contribution in [0.5, 0.6) is 0 Å². The first kappa shape index (κ1) is 39.5. The minimum Gasteiger partial charge on any atom is -0.456 e. The zero-order valence-corrected chi connectivity index (χ0v) is 32.0. The smallest absolute Gasteiger partial charge is 0.167 e. The Kier molecular flexibility index (Phi) is 10.1. The van der Waals surface area contributed by atoms with E-state index in [1.54, 1.807) is 0 Å². The zero-order valence-electron chi connectivity index (χ0n) is 32.0. The minimum absolute atomic E-state index is 0.00141. The van der Waals surface area contributed by atoms with Gasteiger partial charge >= 0.3 is 0 Å². The van der Waals surface area contributed by atoms with Gasteiger partial charge in [-0.05, 0) is 33.4 Å². The average molecular weight is 736 g/mol. The van der Waals surface area contributed by atoms with Gasteiger partial charge in [-0.25, -0.2) is 15.0 Å². The Labute approximate surface area is 362 Å². The number of hydrogen-bond acceptors (Lipinski definition) is 4. The van der Waals surface area contributed by atoms with Gasteiger partial charge in [-0.1, -0.05) is 142 Å². The van der Waals surface area contributed by atoms with E-state index in [2.05, 4.69) is 0 Å². The van der Waals surface area contributed by atoms with Crippen molar-refractivity contribution in [3.63, 3.8) is 0 Å². The van der Waals surface area contributed by atoms with Crippen LogP contribution < -0.4 is 60.1 Å². The molecule has 2 aromatic heterocycles. The van der Waals surface area contributed by atoms with Crippen molar-refractivity contribution in [2.75, 3.05) is 0 Å². The van der Waals surface area contributed by atoms with E-state index in [-0.39, 0.29) is 105 Å². The van der Waals surface area contributed by atoms with Crippen LogP contribution in [0.25, 0.3) is 89.5 Å². The summed E-state index contributed by atoms with van der Waals surface area (Å²) < 4.78 is 6.62. The molecule has 0 spiro atoms. The maximum Gasteiger partial charge on any atom is 0.167 e. The molecule has 0 aliphatic rings. The van der Waals surface area contributed by atoms with Gasteiger partial charge in [0, 0.05) is 21.9 Å². The van der Waals surface area contributed by atoms with Crippen molar-refractivity contribution < 1.29 is 4.42 Å². The van der Waals surface area contributed by atoms with Gasteiger partial charge in [0.05, 0.1) is 5.56 Å². The second-order valence-corrected chi connectivity index (χ2v) is 14.4. The van der Waals surface area contributed by atoms with Gasteiger partial charge in [0.25, 0.3) is 0 Å². The molecule has 0 saturated carbocycles. The minimum atomic E-state index is -0.0146. The van der Waals surface area contributed by atoms with Crippen molar-refractivity contribution >= 4 is 168 Å². The van der Waals surface area contributed by atoms with E-state index < -0.39 is 0 Å². The highest BCUT2D eigenvalue weighted by molar-refractivity contribution is 6.71. The third-order valence-electron chi connectivity index (χ3n) is 10.9. The predicted octanol–water partition coefficient (Wildman–Crippen LogP) is -1.50. The van der Waals surface area contributed by atoms with Gasteiger partial charge in [-0.15, -0.1) is 27.3 Å². The fourth-order valence-corrected chi connectivity index (χ4v) is 7.60. The number of fused-ring (bicyclic) bond motifs is 3. The summed E-state index contributed by atoms with van der Waals surface area (Å²) in [7, 11) is 72.4. The lowest BCUT2D eigenvalue weighted by atomic mass is 9.58. The second-order valence-electron chi connectivity index (χ2n) is 14.4. The van der Waals surface area contributed by atoms with Crippen molar-refractivity contribution in [3.05, 3.63) is 109 Å². The molecule has 0 amide bonds. The highest BCUT2D eigenvalue weighted by atomic mass is 16.3. The van der Waals surface area contributed by atoms with Gasteiger partial charge in [0.1, 0.15) is 97.5 Å². The Balaban J connectivity index is 1.36. The molecule has 4 nitrogen and oxygen atoms in total. The maximum absolute atomic E-state index is 7.06. The topological polar surface area (TPSA) is 51.8 Å². The summed E-state index contributed by atoms with van der Waals surface area (Å²) in [6.07, 6.45) is 0. The fourth-order valence-electron chi connectivity index (χ4n) is 7.60. The number of benzene rings is 7. The third kappa shape index (κ3) is 6.36. The van der Waals surface area contributed by atoms with Crippen LogP contribution in [-0.2, 0) is 0 Å². The number of nitrogens with zero attached hydrogens (tertiary/aromatic N) is 3. The lowest BCUT2D eigenvalue weighted by Crippen LogP contribution is -2.55. The molecule has 0 atom stereocenters. The van der Waals surface area contributed by atoms with Gasteiger partial charge in [-0.3, -0.25) is 0 Å². The highest BCUT2D eigenvalue weighted by Gasteiger charge is 2.28. The first-order chi connectivity index (χ1) is 28.8. The summed E-state index contributed by atoms with van der Waals surface area (Å²) >= 11 is 0. The molecular formula is C45H18B11N3O. The Hall–Kier alpha value is -5.94. The van der Waals surface area contributed by atoms with Crippen LogP contribution in [0.1, 0.15) is 0 Å². The van der Waals surface area contributed by atoms with Crippen LogP contribution in [0.4, 0.5) is 0 Å². The predicted molar refractivity (Wildman–Crippen MR) is 259 cm³/mol. The van der Waals surface area contributed by atoms with E-state index >= 15 is 0 Å². The molecule has 9 aromatic rings. The van der Waals surface area contributed by atoms with E-state index in [1.165, 1.54) is 0 Å². The third-order valence-corrected chi connectivity index (χ3v) is 10.9. The van der Waals surface area contributed by atoms with Crippen molar-refractivity contribution in [2.45, 2.75) is 0 Å². The summed E-state index contributed by atoms with van der Waals surface area (Å²) in [5.41, 5.74) is 6.35. The highest BCUT2D eigenvalue weighted by Crippen LogP contribution is 2.38. The summed E-state index contributed by atoms with van der Waals surface area (Å²) in [4.78, 5) is 15.0. The normalized spacial score (nSPS) is 11.4. The van der Waals surface area contributed by atoms with Gasteiger partial charge < -0.3 is 4.42 Å². The van der Waals surface area contributed by atoms with Crippen LogP contribution in [0.3, 0.4) is 0 Å². The molecule has 15 heteroatoms. The van der Waals surface area contributed by atoms with Crippen LogP contribution in [0, 0.1) is 0 Å². The monoisotopic (exact) mass is 737 g/mol. The molecule has 9 rings (SSSR count). The largest absolute Gasteiger partial charge is 0.456 e. The molecule has 7 aromatic carbocycles. The molecule has 0 unspecified atom stereocenters. The Bertz CT molecular complexity index is 3060. The average Bonchev–Trinajstić information content (AvgIpc) is 3.68. The van der Waals surface area contributed by atoms with Crippen molar-refractivity contribution in [1.29, 1.82) is 0 Å². The van der Waals surface area contributed by atoms with Crippen molar-refractivity contribution in [1.82, 2.24) is 15.0 Å². The van der Waals surface area contributed by atoms with Crippen LogP contribution in [0.2, 0.25) is 0 Å². The first-order valence-corrected chi connectivity index (χ1v) is 18.6. The second kappa shape index (κ2) is 15.3. The Morgan fingerprint density at radius 1 is 0.267 bits per heavy atom. The number of aromatic nitrogens is 3. The number of furan rings is 1. The molecule has 22 radical (unpaired) electrons. The van der Waals surface area contributed by atoms with Gasteiger partial charge in [0.2, 0.25) is 0 Å².